The molecule has 0 atom stereocenters. The summed E-state index contributed by atoms with van der Waals surface area (Å²) < 4.78 is 0. The first-order valence-corrected chi connectivity index (χ1v) is 6.75. The molecule has 1 amide bonds. The van der Waals surface area contributed by atoms with Crippen molar-refractivity contribution in [3.8, 4) is 0 Å². The van der Waals surface area contributed by atoms with E-state index in [1.807, 2.05) is 6.92 Å². The van der Waals surface area contributed by atoms with E-state index in [4.69, 9.17) is 5.73 Å². The molecule has 1 heterocycles. The minimum Gasteiger partial charge on any atom is -0.329 e. The Balaban J connectivity index is 2.10. The Labute approximate surface area is 108 Å². The number of hydrogen-bond donors (Lipinski definition) is 3. The summed E-state index contributed by atoms with van der Waals surface area (Å²) in [6.07, 6.45) is 7.78. The van der Waals surface area contributed by atoms with Crippen molar-refractivity contribution in [2.24, 2.45) is 11.1 Å². The lowest BCUT2D eigenvalue weighted by Crippen LogP contribution is -2.44. The van der Waals surface area contributed by atoms with E-state index in [1.54, 1.807) is 6.20 Å². The number of aryl methyl sites for hydroxylation is 1. The van der Waals surface area contributed by atoms with Gasteiger partial charge in [-0.25, -0.2) is 0 Å². The van der Waals surface area contributed by atoms with Gasteiger partial charge >= 0.3 is 0 Å². The minimum absolute atomic E-state index is 0.0450. The quantitative estimate of drug-likeness (QED) is 0.762. The molecule has 0 saturated heterocycles. The number of nitrogens with one attached hydrogen (secondary N) is 2. The molecule has 0 bridgehead atoms. The summed E-state index contributed by atoms with van der Waals surface area (Å²) in [6.45, 7) is 2.47. The van der Waals surface area contributed by atoms with Gasteiger partial charge in [0.15, 0.2) is 0 Å². The second kappa shape index (κ2) is 5.52. The summed E-state index contributed by atoms with van der Waals surface area (Å²) in [5, 5.41) is 9.78. The van der Waals surface area contributed by atoms with Crippen molar-refractivity contribution in [1.82, 2.24) is 10.2 Å². The van der Waals surface area contributed by atoms with Crippen LogP contribution in [0.1, 0.15) is 44.6 Å². The maximum atomic E-state index is 12.4. The second-order valence-electron chi connectivity index (χ2n) is 5.12. The second-order valence-corrected chi connectivity index (χ2v) is 5.12. The molecule has 1 aromatic rings. The van der Waals surface area contributed by atoms with Crippen LogP contribution >= 0.6 is 0 Å². The maximum Gasteiger partial charge on any atom is 0.233 e. The van der Waals surface area contributed by atoms with Crippen molar-refractivity contribution < 1.29 is 4.79 Å². The minimum atomic E-state index is -0.381. The molecule has 1 aliphatic rings. The highest BCUT2D eigenvalue weighted by atomic mass is 16.2. The van der Waals surface area contributed by atoms with Gasteiger partial charge < -0.3 is 11.1 Å². The van der Waals surface area contributed by atoms with E-state index in [0.717, 1.165) is 43.5 Å². The van der Waals surface area contributed by atoms with Gasteiger partial charge in [-0.1, -0.05) is 26.2 Å². The molecule has 18 heavy (non-hydrogen) atoms. The number of hydrogen-bond acceptors (Lipinski definition) is 3. The van der Waals surface area contributed by atoms with Gasteiger partial charge in [0.1, 0.15) is 5.82 Å². The van der Waals surface area contributed by atoms with Crippen LogP contribution in [0.25, 0.3) is 0 Å². The average Bonchev–Trinajstić information content (AvgIpc) is 2.86. The van der Waals surface area contributed by atoms with Crippen molar-refractivity contribution in [2.45, 2.75) is 45.4 Å². The molecule has 0 unspecified atom stereocenters. The lowest BCUT2D eigenvalue weighted by molar-refractivity contribution is -0.126. The highest BCUT2D eigenvalue weighted by molar-refractivity contribution is 5.95. The molecule has 2 rings (SSSR count). The van der Waals surface area contributed by atoms with E-state index in [1.165, 1.54) is 6.42 Å². The van der Waals surface area contributed by atoms with Crippen LogP contribution in [0.3, 0.4) is 0 Å². The summed E-state index contributed by atoms with van der Waals surface area (Å²) in [5.41, 5.74) is 6.51. The molecule has 0 radical (unpaired) electrons. The average molecular weight is 250 g/mol. The van der Waals surface area contributed by atoms with Crippen LogP contribution in [-0.2, 0) is 11.2 Å². The monoisotopic (exact) mass is 250 g/mol. The first-order chi connectivity index (χ1) is 8.72. The molecule has 0 aliphatic heterocycles. The zero-order valence-corrected chi connectivity index (χ0v) is 11.0. The van der Waals surface area contributed by atoms with Crippen LogP contribution in [-0.4, -0.2) is 22.6 Å². The Morgan fingerprint density at radius 3 is 2.83 bits per heavy atom. The Bertz CT molecular complexity index is 407. The largest absolute Gasteiger partial charge is 0.329 e. The Morgan fingerprint density at radius 2 is 2.22 bits per heavy atom. The molecule has 1 aliphatic carbocycles. The third-order valence-electron chi connectivity index (χ3n) is 4.02. The van der Waals surface area contributed by atoms with E-state index in [0.29, 0.717) is 6.54 Å². The third-order valence-corrected chi connectivity index (χ3v) is 4.02. The zero-order valence-electron chi connectivity index (χ0n) is 11.0. The van der Waals surface area contributed by atoms with E-state index in [-0.39, 0.29) is 11.3 Å². The van der Waals surface area contributed by atoms with Gasteiger partial charge in [-0.15, -0.1) is 0 Å². The highest BCUT2D eigenvalue weighted by Crippen LogP contribution is 2.36. The number of carbonyl (C=O) groups is 1. The normalized spacial score (nSPS) is 18.6. The number of rotatable bonds is 4. The molecule has 100 valence electrons. The van der Waals surface area contributed by atoms with Crippen molar-refractivity contribution in [1.29, 1.82) is 0 Å². The molecule has 5 heteroatoms. The van der Waals surface area contributed by atoms with Gasteiger partial charge in [0.25, 0.3) is 0 Å². The number of anilines is 1. The third kappa shape index (κ3) is 2.41. The van der Waals surface area contributed by atoms with Crippen molar-refractivity contribution in [2.75, 3.05) is 11.9 Å². The van der Waals surface area contributed by atoms with Crippen LogP contribution in [0.5, 0.6) is 0 Å². The molecule has 5 nitrogen and oxygen atoms in total. The predicted octanol–water partition coefficient (Wildman–Crippen LogP) is 1.82. The van der Waals surface area contributed by atoms with E-state index >= 15 is 0 Å². The summed E-state index contributed by atoms with van der Waals surface area (Å²) in [6, 6.07) is 0. The number of nitrogens with two attached hydrogens (primary N) is 1. The van der Waals surface area contributed by atoms with Crippen LogP contribution in [0.15, 0.2) is 6.20 Å². The van der Waals surface area contributed by atoms with Gasteiger partial charge in [-0.2, -0.15) is 5.10 Å². The lowest BCUT2D eigenvalue weighted by atomic mass is 9.73. The van der Waals surface area contributed by atoms with Crippen molar-refractivity contribution >= 4 is 11.7 Å². The number of aromatic amines is 1. The summed E-state index contributed by atoms with van der Waals surface area (Å²) in [4.78, 5) is 12.4. The van der Waals surface area contributed by atoms with Gasteiger partial charge in [-0.05, 0) is 19.3 Å². The Kier molecular flexibility index (Phi) is 4.01. The summed E-state index contributed by atoms with van der Waals surface area (Å²) in [7, 11) is 0. The van der Waals surface area contributed by atoms with Crippen molar-refractivity contribution in [3.05, 3.63) is 11.8 Å². The lowest BCUT2D eigenvalue weighted by Gasteiger charge is -2.34. The first-order valence-electron chi connectivity index (χ1n) is 6.75. The molecule has 0 aromatic carbocycles. The smallest absolute Gasteiger partial charge is 0.233 e. The SMILES string of the molecule is CCc1cn[nH]c1NC(=O)C1(CN)CCCCC1. The molecular formula is C13H22N4O. The number of H-pyrrole nitrogens is 1. The fraction of sp³-hybridized carbons (Fsp3) is 0.692. The van der Waals surface area contributed by atoms with E-state index < -0.39 is 0 Å². The van der Waals surface area contributed by atoms with Crippen molar-refractivity contribution in [3.63, 3.8) is 0 Å². The van der Waals surface area contributed by atoms with Crippen LogP contribution < -0.4 is 11.1 Å². The van der Waals surface area contributed by atoms with Gasteiger partial charge in [-0.3, -0.25) is 9.89 Å². The zero-order chi connectivity index (χ0) is 13.0. The van der Waals surface area contributed by atoms with Gasteiger partial charge in [0.05, 0.1) is 11.6 Å². The number of amides is 1. The van der Waals surface area contributed by atoms with Gasteiger partial charge in [0.2, 0.25) is 5.91 Å². The number of carbonyl (C=O) groups excluding carboxylic acids is 1. The highest BCUT2D eigenvalue weighted by Gasteiger charge is 2.38. The first kappa shape index (κ1) is 13.1. The predicted molar refractivity (Wildman–Crippen MR) is 71.2 cm³/mol. The number of nitrogens with zero attached hydrogens (tertiary/aromatic N) is 1. The van der Waals surface area contributed by atoms with E-state index in [9.17, 15) is 4.79 Å². The van der Waals surface area contributed by atoms with Gasteiger partial charge in [0, 0.05) is 12.1 Å². The van der Waals surface area contributed by atoms with E-state index in [2.05, 4.69) is 15.5 Å². The Hall–Kier alpha value is -1.36. The maximum absolute atomic E-state index is 12.4. The number of aromatic nitrogens is 2. The molecular weight excluding hydrogens is 228 g/mol. The van der Waals surface area contributed by atoms with Crippen LogP contribution in [0.2, 0.25) is 0 Å². The summed E-state index contributed by atoms with van der Waals surface area (Å²) in [5.74, 6) is 0.768. The molecule has 1 aromatic heterocycles. The molecule has 1 saturated carbocycles. The topological polar surface area (TPSA) is 83.8 Å². The fourth-order valence-corrected chi connectivity index (χ4v) is 2.69. The fourth-order valence-electron chi connectivity index (χ4n) is 2.69. The molecule has 0 spiro atoms. The molecule has 4 N–H and O–H groups in total. The Morgan fingerprint density at radius 1 is 1.50 bits per heavy atom. The standard InChI is InChI=1S/C13H22N4O/c1-2-10-8-15-17-11(10)16-12(18)13(9-14)6-4-3-5-7-13/h8H,2-7,9,14H2,1H3,(H2,15,16,17,18). The van der Waals surface area contributed by atoms with Crippen LogP contribution in [0, 0.1) is 5.41 Å². The van der Waals surface area contributed by atoms with Crippen LogP contribution in [0.4, 0.5) is 5.82 Å². The summed E-state index contributed by atoms with van der Waals surface area (Å²) >= 11 is 0. The molecule has 1 fully saturated rings.